The first kappa shape index (κ1) is 15.4. The van der Waals surface area contributed by atoms with Crippen molar-refractivity contribution in [3.05, 3.63) is 64.2 Å². The van der Waals surface area contributed by atoms with Gasteiger partial charge in [0.15, 0.2) is 0 Å². The quantitative estimate of drug-likeness (QED) is 0.837. The minimum atomic E-state index is -0.245. The van der Waals surface area contributed by atoms with E-state index in [0.717, 1.165) is 11.1 Å². The molecule has 0 aliphatic rings. The number of halogens is 1. The highest BCUT2D eigenvalue weighted by Crippen LogP contribution is 2.19. The minimum Gasteiger partial charge on any atom is -0.331 e. The number of carbonyl (C=O) groups excluding carboxylic acids is 1. The zero-order valence-corrected chi connectivity index (χ0v) is 13.2. The predicted octanol–water partition coefficient (Wildman–Crippen LogP) is 4.84. The Bertz CT molecular complexity index is 655. The van der Waals surface area contributed by atoms with Gasteiger partial charge in [-0.25, -0.2) is 4.79 Å². The Morgan fingerprint density at radius 1 is 1.14 bits per heavy atom. The van der Waals surface area contributed by atoms with E-state index in [1.54, 1.807) is 24.3 Å². The van der Waals surface area contributed by atoms with E-state index in [1.807, 2.05) is 20.8 Å². The van der Waals surface area contributed by atoms with Gasteiger partial charge in [0.1, 0.15) is 0 Å². The van der Waals surface area contributed by atoms with Gasteiger partial charge in [0.05, 0.1) is 6.04 Å². The second-order valence-electron chi connectivity index (χ2n) is 5.19. The first-order chi connectivity index (χ1) is 9.95. The molecule has 4 heteroatoms. The van der Waals surface area contributed by atoms with E-state index < -0.39 is 0 Å². The van der Waals surface area contributed by atoms with Crippen LogP contribution in [-0.2, 0) is 0 Å². The van der Waals surface area contributed by atoms with Crippen molar-refractivity contribution in [2.24, 2.45) is 0 Å². The molecule has 0 unspecified atom stereocenters. The molecule has 0 fully saturated rings. The summed E-state index contributed by atoms with van der Waals surface area (Å²) in [6, 6.07) is 13.0. The molecule has 2 aromatic rings. The smallest absolute Gasteiger partial charge is 0.319 e. The summed E-state index contributed by atoms with van der Waals surface area (Å²) in [5, 5.41) is 6.31. The van der Waals surface area contributed by atoms with Gasteiger partial charge in [0.2, 0.25) is 0 Å². The Balaban J connectivity index is 2.03. The molecule has 0 saturated carbocycles. The molecule has 0 heterocycles. The number of hydrogen-bond acceptors (Lipinski definition) is 1. The van der Waals surface area contributed by atoms with E-state index in [1.165, 1.54) is 5.56 Å². The molecule has 0 aliphatic heterocycles. The highest BCUT2D eigenvalue weighted by molar-refractivity contribution is 6.30. The molecular weight excluding hydrogens is 284 g/mol. The summed E-state index contributed by atoms with van der Waals surface area (Å²) in [4.78, 5) is 12.0. The van der Waals surface area contributed by atoms with Crippen molar-refractivity contribution >= 4 is 23.3 Å². The van der Waals surface area contributed by atoms with Crippen LogP contribution in [0.15, 0.2) is 42.5 Å². The van der Waals surface area contributed by atoms with Crippen LogP contribution in [0.2, 0.25) is 5.02 Å². The maximum atomic E-state index is 12.0. The number of aryl methyl sites for hydroxylation is 2. The Kier molecular flexibility index (Phi) is 4.86. The second-order valence-corrected chi connectivity index (χ2v) is 5.63. The molecule has 3 nitrogen and oxygen atoms in total. The van der Waals surface area contributed by atoms with Crippen molar-refractivity contribution in [3.63, 3.8) is 0 Å². The van der Waals surface area contributed by atoms with Gasteiger partial charge in [-0.2, -0.15) is 0 Å². The normalized spacial score (nSPS) is 11.8. The Morgan fingerprint density at radius 2 is 1.90 bits per heavy atom. The molecule has 0 saturated heterocycles. The van der Waals surface area contributed by atoms with Gasteiger partial charge in [-0.05, 0) is 50.1 Å². The molecule has 1 atom stereocenters. The molecule has 2 rings (SSSR count). The summed E-state index contributed by atoms with van der Waals surface area (Å²) in [6.45, 7) is 6.06. The van der Waals surface area contributed by atoms with Crippen molar-refractivity contribution in [1.29, 1.82) is 0 Å². The lowest BCUT2D eigenvalue weighted by Crippen LogP contribution is -2.31. The van der Waals surface area contributed by atoms with Crippen LogP contribution in [-0.4, -0.2) is 6.03 Å². The van der Waals surface area contributed by atoms with Crippen molar-refractivity contribution in [2.45, 2.75) is 26.8 Å². The van der Waals surface area contributed by atoms with Crippen molar-refractivity contribution < 1.29 is 4.79 Å². The summed E-state index contributed by atoms with van der Waals surface area (Å²) < 4.78 is 0. The van der Waals surface area contributed by atoms with Gasteiger partial charge in [-0.1, -0.05) is 41.4 Å². The number of hydrogen-bond donors (Lipinski definition) is 2. The fourth-order valence-electron chi connectivity index (χ4n) is 2.23. The molecule has 0 aliphatic carbocycles. The molecule has 21 heavy (non-hydrogen) atoms. The SMILES string of the molecule is Cc1ccc(C)c([C@H](C)NC(=O)Nc2cccc(Cl)c2)c1. The lowest BCUT2D eigenvalue weighted by molar-refractivity contribution is 0.249. The Labute approximate surface area is 130 Å². The summed E-state index contributed by atoms with van der Waals surface area (Å²) in [5.74, 6) is 0. The maximum Gasteiger partial charge on any atom is 0.319 e. The standard InChI is InChI=1S/C17H19ClN2O/c1-11-7-8-12(2)16(9-11)13(3)19-17(21)20-15-6-4-5-14(18)10-15/h4-10,13H,1-3H3,(H2,19,20,21)/t13-/m0/s1. The van der Waals surface area contributed by atoms with Crippen LogP contribution >= 0.6 is 11.6 Å². The van der Waals surface area contributed by atoms with Gasteiger partial charge < -0.3 is 10.6 Å². The van der Waals surface area contributed by atoms with Crippen LogP contribution in [0.3, 0.4) is 0 Å². The molecule has 0 spiro atoms. The molecule has 0 aromatic heterocycles. The zero-order valence-electron chi connectivity index (χ0n) is 12.4. The average Bonchev–Trinajstić information content (AvgIpc) is 2.41. The molecular formula is C17H19ClN2O. The van der Waals surface area contributed by atoms with Gasteiger partial charge in [0.25, 0.3) is 0 Å². The lowest BCUT2D eigenvalue weighted by Gasteiger charge is -2.18. The van der Waals surface area contributed by atoms with Crippen LogP contribution in [0.5, 0.6) is 0 Å². The number of carbonyl (C=O) groups is 1. The zero-order chi connectivity index (χ0) is 15.4. The molecule has 0 radical (unpaired) electrons. The number of amides is 2. The number of anilines is 1. The molecule has 110 valence electrons. The number of urea groups is 1. The molecule has 2 amide bonds. The van der Waals surface area contributed by atoms with Crippen LogP contribution in [0.1, 0.15) is 29.7 Å². The first-order valence-corrected chi connectivity index (χ1v) is 7.24. The summed E-state index contributed by atoms with van der Waals surface area (Å²) >= 11 is 5.90. The van der Waals surface area contributed by atoms with E-state index in [2.05, 4.69) is 28.8 Å². The largest absolute Gasteiger partial charge is 0.331 e. The van der Waals surface area contributed by atoms with Crippen LogP contribution in [0.25, 0.3) is 0 Å². The molecule has 2 N–H and O–H groups in total. The third-order valence-corrected chi connectivity index (χ3v) is 3.57. The fourth-order valence-corrected chi connectivity index (χ4v) is 2.42. The minimum absolute atomic E-state index is 0.0657. The van der Waals surface area contributed by atoms with E-state index in [4.69, 9.17) is 11.6 Å². The topological polar surface area (TPSA) is 41.1 Å². The van der Waals surface area contributed by atoms with Gasteiger partial charge in [-0.3, -0.25) is 0 Å². The van der Waals surface area contributed by atoms with E-state index in [0.29, 0.717) is 10.7 Å². The van der Waals surface area contributed by atoms with Gasteiger partial charge in [-0.15, -0.1) is 0 Å². The number of nitrogens with one attached hydrogen (secondary N) is 2. The highest BCUT2D eigenvalue weighted by atomic mass is 35.5. The summed E-state index contributed by atoms with van der Waals surface area (Å²) in [5.41, 5.74) is 4.14. The first-order valence-electron chi connectivity index (χ1n) is 6.86. The maximum absolute atomic E-state index is 12.0. The van der Waals surface area contributed by atoms with Crippen LogP contribution in [0, 0.1) is 13.8 Å². The monoisotopic (exact) mass is 302 g/mol. The third-order valence-electron chi connectivity index (χ3n) is 3.33. The van der Waals surface area contributed by atoms with Crippen LogP contribution < -0.4 is 10.6 Å². The van der Waals surface area contributed by atoms with E-state index in [-0.39, 0.29) is 12.1 Å². The Hall–Kier alpha value is -2.00. The lowest BCUT2D eigenvalue weighted by atomic mass is 10.0. The second kappa shape index (κ2) is 6.64. The summed E-state index contributed by atoms with van der Waals surface area (Å²) in [6.07, 6.45) is 0. The van der Waals surface area contributed by atoms with Gasteiger partial charge >= 0.3 is 6.03 Å². The van der Waals surface area contributed by atoms with Crippen molar-refractivity contribution in [3.8, 4) is 0 Å². The highest BCUT2D eigenvalue weighted by Gasteiger charge is 2.12. The number of benzene rings is 2. The average molecular weight is 303 g/mol. The van der Waals surface area contributed by atoms with Crippen molar-refractivity contribution in [1.82, 2.24) is 5.32 Å². The summed E-state index contributed by atoms with van der Waals surface area (Å²) in [7, 11) is 0. The molecule has 0 bridgehead atoms. The van der Waals surface area contributed by atoms with Crippen LogP contribution in [0.4, 0.5) is 10.5 Å². The van der Waals surface area contributed by atoms with Gasteiger partial charge in [0, 0.05) is 10.7 Å². The van der Waals surface area contributed by atoms with Crippen molar-refractivity contribution in [2.75, 3.05) is 5.32 Å². The number of rotatable bonds is 3. The van der Waals surface area contributed by atoms with E-state index in [9.17, 15) is 4.79 Å². The predicted molar refractivity (Wildman–Crippen MR) is 87.9 cm³/mol. The fraction of sp³-hybridized carbons (Fsp3) is 0.235. The third kappa shape index (κ3) is 4.23. The van der Waals surface area contributed by atoms with E-state index >= 15 is 0 Å². The Morgan fingerprint density at radius 3 is 2.62 bits per heavy atom. The molecule has 2 aromatic carbocycles.